The molecule has 0 bridgehead atoms. The van der Waals surface area contributed by atoms with Gasteiger partial charge in [0.25, 0.3) is 0 Å². The molecule has 0 aromatic carbocycles. The molecule has 4 heteroatoms. The summed E-state index contributed by atoms with van der Waals surface area (Å²) in [5.41, 5.74) is 9.10. The summed E-state index contributed by atoms with van der Waals surface area (Å²) in [4.78, 5) is 8.87. The fraction of sp³-hybridized carbons (Fsp3) is 0.500. The summed E-state index contributed by atoms with van der Waals surface area (Å²) in [6, 6.07) is 1.88. The van der Waals surface area contributed by atoms with E-state index in [-0.39, 0.29) is 5.92 Å². The number of anilines is 1. The minimum Gasteiger partial charge on any atom is -0.422 e. The molecule has 2 N–H and O–H groups in total. The van der Waals surface area contributed by atoms with Gasteiger partial charge in [0.05, 0.1) is 11.4 Å². The Labute approximate surface area is 93.9 Å². The van der Waals surface area contributed by atoms with Crippen LogP contribution < -0.4 is 5.73 Å². The van der Waals surface area contributed by atoms with Gasteiger partial charge in [-0.2, -0.15) is 0 Å². The maximum Gasteiger partial charge on any atom is 0.247 e. The minimum absolute atomic E-state index is 0.278. The van der Waals surface area contributed by atoms with Crippen LogP contribution >= 0.6 is 0 Å². The van der Waals surface area contributed by atoms with Crippen LogP contribution in [-0.2, 0) is 0 Å². The van der Waals surface area contributed by atoms with Crippen LogP contribution in [0.25, 0.3) is 11.2 Å². The Kier molecular flexibility index (Phi) is 1.93. The van der Waals surface area contributed by atoms with E-state index in [1.807, 2.05) is 6.07 Å². The lowest BCUT2D eigenvalue weighted by molar-refractivity contribution is 0.494. The van der Waals surface area contributed by atoms with E-state index in [0.717, 1.165) is 22.8 Å². The summed E-state index contributed by atoms with van der Waals surface area (Å²) in [5.74, 6) is 1.55. The molecule has 0 aliphatic heterocycles. The molecule has 3 rings (SSSR count). The molecule has 2 aromatic rings. The second-order valence-electron chi connectivity index (χ2n) is 4.77. The van der Waals surface area contributed by atoms with Crippen LogP contribution in [0.1, 0.15) is 50.1 Å². The van der Waals surface area contributed by atoms with E-state index < -0.39 is 0 Å². The smallest absolute Gasteiger partial charge is 0.247 e. The van der Waals surface area contributed by atoms with Crippen molar-refractivity contribution in [3.8, 4) is 0 Å². The molecule has 0 radical (unpaired) electrons. The van der Waals surface area contributed by atoms with Gasteiger partial charge in [0, 0.05) is 11.8 Å². The standard InChI is InChI=1S/C12H15N3O/c1-6(2)11-14-9-5-8(13)10(7-3-4-7)15-12(9)16-11/h5-7H,3-4,13H2,1-2H3. The van der Waals surface area contributed by atoms with Gasteiger partial charge in [-0.3, -0.25) is 0 Å². The zero-order valence-corrected chi connectivity index (χ0v) is 9.53. The summed E-state index contributed by atoms with van der Waals surface area (Å²) in [6.07, 6.45) is 2.38. The number of nitrogens with two attached hydrogens (primary N) is 1. The Morgan fingerprint density at radius 3 is 2.75 bits per heavy atom. The number of hydrogen-bond acceptors (Lipinski definition) is 4. The zero-order valence-electron chi connectivity index (χ0n) is 9.53. The van der Waals surface area contributed by atoms with Gasteiger partial charge < -0.3 is 10.2 Å². The van der Waals surface area contributed by atoms with Crippen molar-refractivity contribution in [2.45, 2.75) is 38.5 Å². The van der Waals surface area contributed by atoms with E-state index >= 15 is 0 Å². The number of rotatable bonds is 2. The van der Waals surface area contributed by atoms with Crippen molar-refractivity contribution in [2.75, 3.05) is 5.73 Å². The first-order valence-corrected chi connectivity index (χ1v) is 5.72. The molecule has 1 fully saturated rings. The van der Waals surface area contributed by atoms with Gasteiger partial charge in [0.1, 0.15) is 5.52 Å². The minimum atomic E-state index is 0.278. The Bertz CT molecular complexity index is 540. The number of pyridine rings is 1. The SMILES string of the molecule is CC(C)c1nc2cc(N)c(C3CC3)nc2o1. The molecule has 1 saturated carbocycles. The van der Waals surface area contributed by atoms with Gasteiger partial charge in [-0.15, -0.1) is 0 Å². The first-order chi connectivity index (χ1) is 7.65. The topological polar surface area (TPSA) is 64.9 Å². The normalized spacial score (nSPS) is 16.2. The van der Waals surface area contributed by atoms with E-state index in [1.54, 1.807) is 0 Å². The largest absolute Gasteiger partial charge is 0.422 e. The molecule has 1 aliphatic carbocycles. The van der Waals surface area contributed by atoms with Gasteiger partial charge in [0.15, 0.2) is 5.89 Å². The number of hydrogen-bond donors (Lipinski definition) is 1. The average Bonchev–Trinajstić information content (AvgIpc) is 2.97. The predicted molar refractivity (Wildman–Crippen MR) is 62.3 cm³/mol. The van der Waals surface area contributed by atoms with Crippen LogP contribution in [0.4, 0.5) is 5.69 Å². The van der Waals surface area contributed by atoms with Crippen LogP contribution in [0.3, 0.4) is 0 Å². The van der Waals surface area contributed by atoms with Gasteiger partial charge in [-0.1, -0.05) is 13.8 Å². The molecule has 0 unspecified atom stereocenters. The van der Waals surface area contributed by atoms with Crippen LogP contribution in [0, 0.1) is 0 Å². The Morgan fingerprint density at radius 2 is 2.12 bits per heavy atom. The third kappa shape index (κ3) is 1.45. The van der Waals surface area contributed by atoms with Gasteiger partial charge in [-0.25, -0.2) is 9.97 Å². The van der Waals surface area contributed by atoms with Crippen molar-refractivity contribution in [1.29, 1.82) is 0 Å². The number of nitrogen functional groups attached to an aromatic ring is 1. The van der Waals surface area contributed by atoms with Gasteiger partial charge >= 0.3 is 0 Å². The Hall–Kier alpha value is -1.58. The highest BCUT2D eigenvalue weighted by molar-refractivity contribution is 5.74. The van der Waals surface area contributed by atoms with Crippen LogP contribution in [0.5, 0.6) is 0 Å². The van der Waals surface area contributed by atoms with Gasteiger partial charge in [0.2, 0.25) is 5.71 Å². The van der Waals surface area contributed by atoms with Crippen molar-refractivity contribution in [3.63, 3.8) is 0 Å². The molecule has 1 aliphatic rings. The van der Waals surface area contributed by atoms with Crippen LogP contribution in [0.2, 0.25) is 0 Å². The average molecular weight is 217 g/mol. The lowest BCUT2D eigenvalue weighted by atomic mass is 10.2. The van der Waals surface area contributed by atoms with Crippen molar-refractivity contribution in [1.82, 2.24) is 9.97 Å². The molecule has 16 heavy (non-hydrogen) atoms. The highest BCUT2D eigenvalue weighted by atomic mass is 16.4. The molecule has 2 aromatic heterocycles. The molecule has 2 heterocycles. The second kappa shape index (κ2) is 3.20. The van der Waals surface area contributed by atoms with E-state index in [1.165, 1.54) is 12.8 Å². The summed E-state index contributed by atoms with van der Waals surface area (Å²) < 4.78 is 5.63. The maximum absolute atomic E-state index is 5.97. The Morgan fingerprint density at radius 1 is 1.38 bits per heavy atom. The quantitative estimate of drug-likeness (QED) is 0.840. The molecule has 0 saturated heterocycles. The molecule has 4 nitrogen and oxygen atoms in total. The molecular weight excluding hydrogens is 202 g/mol. The Balaban J connectivity index is 2.15. The monoisotopic (exact) mass is 217 g/mol. The number of aromatic nitrogens is 2. The fourth-order valence-corrected chi connectivity index (χ4v) is 1.84. The first kappa shape index (κ1) is 9.63. The highest BCUT2D eigenvalue weighted by Gasteiger charge is 2.28. The number of oxazole rings is 1. The fourth-order valence-electron chi connectivity index (χ4n) is 1.84. The molecule has 0 atom stereocenters. The van der Waals surface area contributed by atoms with E-state index in [2.05, 4.69) is 23.8 Å². The second-order valence-corrected chi connectivity index (χ2v) is 4.77. The zero-order chi connectivity index (χ0) is 11.3. The summed E-state index contributed by atoms with van der Waals surface area (Å²) in [5, 5.41) is 0. The summed E-state index contributed by atoms with van der Waals surface area (Å²) >= 11 is 0. The van der Waals surface area contributed by atoms with Crippen molar-refractivity contribution < 1.29 is 4.42 Å². The number of nitrogens with zero attached hydrogens (tertiary/aromatic N) is 2. The van der Waals surface area contributed by atoms with Crippen molar-refractivity contribution in [3.05, 3.63) is 17.7 Å². The van der Waals surface area contributed by atoms with Crippen molar-refractivity contribution in [2.24, 2.45) is 0 Å². The lowest BCUT2D eigenvalue weighted by Gasteiger charge is -2.00. The number of fused-ring (bicyclic) bond motifs is 1. The summed E-state index contributed by atoms with van der Waals surface area (Å²) in [7, 11) is 0. The van der Waals surface area contributed by atoms with E-state index in [0.29, 0.717) is 11.6 Å². The highest BCUT2D eigenvalue weighted by Crippen LogP contribution is 2.42. The third-order valence-corrected chi connectivity index (χ3v) is 2.92. The molecule has 84 valence electrons. The third-order valence-electron chi connectivity index (χ3n) is 2.92. The van der Waals surface area contributed by atoms with Crippen LogP contribution in [-0.4, -0.2) is 9.97 Å². The maximum atomic E-state index is 5.97. The summed E-state index contributed by atoms with van der Waals surface area (Å²) in [6.45, 7) is 4.10. The lowest BCUT2D eigenvalue weighted by Crippen LogP contribution is -1.95. The first-order valence-electron chi connectivity index (χ1n) is 5.72. The van der Waals surface area contributed by atoms with Crippen LogP contribution in [0.15, 0.2) is 10.5 Å². The van der Waals surface area contributed by atoms with E-state index in [9.17, 15) is 0 Å². The van der Waals surface area contributed by atoms with Crippen molar-refractivity contribution >= 4 is 16.9 Å². The van der Waals surface area contributed by atoms with Gasteiger partial charge in [-0.05, 0) is 18.9 Å². The molecular formula is C12H15N3O. The molecule has 0 amide bonds. The van der Waals surface area contributed by atoms with E-state index in [4.69, 9.17) is 10.2 Å². The molecule has 0 spiro atoms. The predicted octanol–water partition coefficient (Wildman–Crippen LogP) is 2.81.